The van der Waals surface area contributed by atoms with Gasteiger partial charge in [0.2, 0.25) is 10.0 Å². The van der Waals surface area contributed by atoms with E-state index in [4.69, 9.17) is 0 Å². The summed E-state index contributed by atoms with van der Waals surface area (Å²) in [5.74, 6) is 2.38. The van der Waals surface area contributed by atoms with E-state index in [1.807, 2.05) is 6.92 Å². The summed E-state index contributed by atoms with van der Waals surface area (Å²) in [6.45, 7) is 2.54. The van der Waals surface area contributed by atoms with E-state index < -0.39 is 10.0 Å². The molecule has 2 aliphatic carbocycles. The molecule has 0 aliphatic heterocycles. The van der Waals surface area contributed by atoms with Gasteiger partial charge in [-0.15, -0.1) is 0 Å². The highest BCUT2D eigenvalue weighted by molar-refractivity contribution is 7.89. The van der Waals surface area contributed by atoms with Gasteiger partial charge in [0.1, 0.15) is 0 Å². The topological polar surface area (TPSA) is 58.2 Å². The quantitative estimate of drug-likeness (QED) is 0.747. The first-order valence-electron chi connectivity index (χ1n) is 6.66. The lowest BCUT2D eigenvalue weighted by molar-refractivity contribution is 0.280. The van der Waals surface area contributed by atoms with Crippen LogP contribution in [0.3, 0.4) is 0 Å². The second-order valence-corrected chi connectivity index (χ2v) is 7.54. The number of sulfonamides is 1. The van der Waals surface area contributed by atoms with Crippen LogP contribution in [-0.4, -0.2) is 33.8 Å². The molecule has 100 valence electrons. The Labute approximate surface area is 105 Å². The predicted octanol–water partition coefficient (Wildman–Crippen LogP) is 0.950. The van der Waals surface area contributed by atoms with Crippen molar-refractivity contribution in [1.82, 2.24) is 10.0 Å². The van der Waals surface area contributed by atoms with Crippen LogP contribution < -0.4 is 10.0 Å². The molecule has 17 heavy (non-hydrogen) atoms. The van der Waals surface area contributed by atoms with Gasteiger partial charge in [0, 0.05) is 12.6 Å². The van der Waals surface area contributed by atoms with Crippen molar-refractivity contribution in [2.45, 2.75) is 38.6 Å². The van der Waals surface area contributed by atoms with Crippen LogP contribution in [0.25, 0.3) is 0 Å². The van der Waals surface area contributed by atoms with Crippen molar-refractivity contribution in [2.75, 3.05) is 19.3 Å². The van der Waals surface area contributed by atoms with E-state index in [1.54, 1.807) is 7.05 Å². The maximum Gasteiger partial charge on any atom is 0.213 e. The zero-order chi connectivity index (χ0) is 12.5. The minimum Gasteiger partial charge on any atom is -0.319 e. The fourth-order valence-corrected chi connectivity index (χ4v) is 4.90. The molecule has 0 aromatic carbocycles. The first-order valence-corrected chi connectivity index (χ1v) is 8.31. The van der Waals surface area contributed by atoms with Crippen molar-refractivity contribution >= 4 is 10.0 Å². The van der Waals surface area contributed by atoms with Crippen molar-refractivity contribution in [3.05, 3.63) is 0 Å². The van der Waals surface area contributed by atoms with Crippen LogP contribution in [0.1, 0.15) is 32.6 Å². The number of fused-ring (bicyclic) bond motifs is 2. The lowest BCUT2D eigenvalue weighted by Crippen LogP contribution is -2.42. The summed E-state index contributed by atoms with van der Waals surface area (Å²) in [6, 6.07) is 0.104. The molecule has 2 aliphatic rings. The molecule has 0 spiro atoms. The number of hydrogen-bond donors (Lipinski definition) is 2. The summed E-state index contributed by atoms with van der Waals surface area (Å²) in [5.41, 5.74) is 0. The third-order valence-electron chi connectivity index (χ3n) is 4.42. The number of hydrogen-bond acceptors (Lipinski definition) is 3. The van der Waals surface area contributed by atoms with Gasteiger partial charge in [0.05, 0.1) is 5.75 Å². The highest BCUT2D eigenvalue weighted by Gasteiger charge is 2.42. The summed E-state index contributed by atoms with van der Waals surface area (Å²) in [6.07, 6.45) is 5.21. The Kier molecular flexibility index (Phi) is 4.10. The SMILES string of the molecule is CNCCS(=O)(=O)NC(C)C1CC2CCC1C2. The summed E-state index contributed by atoms with van der Waals surface area (Å²) in [7, 11) is -1.34. The Morgan fingerprint density at radius 2 is 2.06 bits per heavy atom. The molecule has 0 amide bonds. The van der Waals surface area contributed by atoms with E-state index in [9.17, 15) is 8.42 Å². The minimum absolute atomic E-state index is 0.104. The maximum atomic E-state index is 11.8. The first kappa shape index (κ1) is 13.3. The second-order valence-electron chi connectivity index (χ2n) is 5.67. The lowest BCUT2D eigenvalue weighted by Gasteiger charge is -2.28. The van der Waals surface area contributed by atoms with Gasteiger partial charge in [-0.25, -0.2) is 13.1 Å². The monoisotopic (exact) mass is 260 g/mol. The van der Waals surface area contributed by atoms with Gasteiger partial charge in [-0.1, -0.05) is 6.42 Å². The first-order chi connectivity index (χ1) is 8.02. The van der Waals surface area contributed by atoms with Crippen molar-refractivity contribution in [3.8, 4) is 0 Å². The number of nitrogens with one attached hydrogen (secondary N) is 2. The molecule has 0 heterocycles. The zero-order valence-corrected chi connectivity index (χ0v) is 11.6. The third kappa shape index (κ3) is 3.20. The minimum atomic E-state index is -3.11. The fourth-order valence-electron chi connectivity index (χ4n) is 3.57. The Morgan fingerprint density at radius 3 is 2.59 bits per heavy atom. The highest BCUT2D eigenvalue weighted by atomic mass is 32.2. The Bertz CT molecular complexity index is 356. The largest absolute Gasteiger partial charge is 0.319 e. The summed E-state index contributed by atoms with van der Waals surface area (Å²) < 4.78 is 26.5. The molecule has 5 heteroatoms. The van der Waals surface area contributed by atoms with Crippen molar-refractivity contribution in [3.63, 3.8) is 0 Å². The second kappa shape index (κ2) is 5.24. The molecule has 0 aromatic heterocycles. The van der Waals surface area contributed by atoms with Crippen molar-refractivity contribution in [2.24, 2.45) is 17.8 Å². The van der Waals surface area contributed by atoms with E-state index in [-0.39, 0.29) is 11.8 Å². The van der Waals surface area contributed by atoms with Gasteiger partial charge in [-0.3, -0.25) is 0 Å². The Hall–Kier alpha value is -0.130. The molecule has 2 saturated carbocycles. The van der Waals surface area contributed by atoms with E-state index >= 15 is 0 Å². The molecular formula is C12H24N2O2S. The van der Waals surface area contributed by atoms with Gasteiger partial charge < -0.3 is 5.32 Å². The molecule has 0 saturated heterocycles. The van der Waals surface area contributed by atoms with Gasteiger partial charge in [0.25, 0.3) is 0 Å². The fraction of sp³-hybridized carbons (Fsp3) is 1.00. The van der Waals surface area contributed by atoms with Crippen LogP contribution in [-0.2, 0) is 10.0 Å². The van der Waals surface area contributed by atoms with Crippen LogP contribution in [0.15, 0.2) is 0 Å². The lowest BCUT2D eigenvalue weighted by atomic mass is 9.84. The van der Waals surface area contributed by atoms with E-state index in [0.29, 0.717) is 12.5 Å². The highest BCUT2D eigenvalue weighted by Crippen LogP contribution is 2.49. The van der Waals surface area contributed by atoms with Gasteiger partial charge in [0.15, 0.2) is 0 Å². The van der Waals surface area contributed by atoms with Crippen LogP contribution in [0.2, 0.25) is 0 Å². The molecule has 2 N–H and O–H groups in total. The molecule has 4 unspecified atom stereocenters. The predicted molar refractivity (Wildman–Crippen MR) is 69.2 cm³/mol. The van der Waals surface area contributed by atoms with Crippen LogP contribution in [0, 0.1) is 17.8 Å². The molecule has 2 fully saturated rings. The molecular weight excluding hydrogens is 236 g/mol. The van der Waals surface area contributed by atoms with E-state index in [2.05, 4.69) is 10.0 Å². The normalized spacial score (nSPS) is 34.1. The zero-order valence-electron chi connectivity index (χ0n) is 10.8. The van der Waals surface area contributed by atoms with Gasteiger partial charge in [-0.05, 0) is 51.0 Å². The summed E-state index contributed by atoms with van der Waals surface area (Å²) >= 11 is 0. The van der Waals surface area contributed by atoms with Crippen molar-refractivity contribution < 1.29 is 8.42 Å². The molecule has 4 atom stereocenters. The van der Waals surface area contributed by atoms with Crippen LogP contribution in [0.5, 0.6) is 0 Å². The van der Waals surface area contributed by atoms with E-state index in [1.165, 1.54) is 25.7 Å². The van der Waals surface area contributed by atoms with E-state index in [0.717, 1.165) is 11.8 Å². The van der Waals surface area contributed by atoms with Crippen LogP contribution in [0.4, 0.5) is 0 Å². The Morgan fingerprint density at radius 1 is 1.29 bits per heavy atom. The number of rotatable bonds is 6. The average Bonchev–Trinajstić information content (AvgIpc) is 2.87. The van der Waals surface area contributed by atoms with Gasteiger partial charge >= 0.3 is 0 Å². The van der Waals surface area contributed by atoms with Gasteiger partial charge in [-0.2, -0.15) is 0 Å². The Balaban J connectivity index is 1.86. The van der Waals surface area contributed by atoms with Crippen molar-refractivity contribution in [1.29, 1.82) is 0 Å². The summed E-state index contributed by atoms with van der Waals surface area (Å²) in [4.78, 5) is 0. The smallest absolute Gasteiger partial charge is 0.213 e. The maximum absolute atomic E-state index is 11.8. The molecule has 0 aromatic rings. The standard InChI is InChI=1S/C12H24N2O2S/c1-9(14-17(15,16)6-5-13-2)12-8-10-3-4-11(12)7-10/h9-14H,3-8H2,1-2H3. The third-order valence-corrected chi connectivity index (χ3v) is 5.89. The summed E-state index contributed by atoms with van der Waals surface area (Å²) in [5, 5.41) is 2.87. The molecule has 2 rings (SSSR count). The molecule has 4 nitrogen and oxygen atoms in total. The average molecular weight is 260 g/mol. The molecule has 2 bridgehead atoms. The van der Waals surface area contributed by atoms with Crippen LogP contribution >= 0.6 is 0 Å². The molecule has 0 radical (unpaired) electrons.